The highest BCUT2D eigenvalue weighted by molar-refractivity contribution is 5.54. The lowest BCUT2D eigenvalue weighted by Gasteiger charge is -2.18. The van der Waals surface area contributed by atoms with Gasteiger partial charge in [-0.1, -0.05) is 22.9 Å². The Labute approximate surface area is 141 Å². The molecule has 0 aliphatic carbocycles. The smallest absolute Gasteiger partial charge is 0.259 e. The number of hydrogen-bond donors (Lipinski definition) is 0. The van der Waals surface area contributed by atoms with Gasteiger partial charge in [-0.2, -0.15) is 4.98 Å². The van der Waals surface area contributed by atoms with Gasteiger partial charge < -0.3 is 14.2 Å². The third-order valence-corrected chi connectivity index (χ3v) is 3.63. The van der Waals surface area contributed by atoms with Crippen molar-refractivity contribution in [2.75, 3.05) is 25.1 Å². The first-order chi connectivity index (χ1) is 11.6. The molecule has 0 amide bonds. The molecule has 3 rings (SSSR count). The highest BCUT2D eigenvalue weighted by atomic mass is 16.5. The Balaban J connectivity index is 1.55. The highest BCUT2D eigenvalue weighted by Crippen LogP contribution is 2.19. The lowest BCUT2D eigenvalue weighted by Crippen LogP contribution is -2.24. The molecule has 6 heteroatoms. The second kappa shape index (κ2) is 7.12. The molecule has 0 spiro atoms. The molecule has 2 aromatic heterocycles. The Bertz CT molecular complexity index is 782. The molecule has 0 aliphatic heterocycles. The van der Waals surface area contributed by atoms with Gasteiger partial charge in [0.25, 0.3) is 5.89 Å². The monoisotopic (exact) mass is 324 g/mol. The minimum Gasteiger partial charge on any atom is -0.492 e. The fraction of sp³-hybridized carbons (Fsp3) is 0.278. The van der Waals surface area contributed by atoms with Crippen LogP contribution in [0.15, 0.2) is 47.1 Å². The number of ether oxygens (including phenoxy) is 1. The molecule has 3 aromatic rings. The summed E-state index contributed by atoms with van der Waals surface area (Å²) in [5.41, 5.74) is 2.03. The first-order valence-electron chi connectivity index (χ1n) is 7.79. The zero-order valence-electron chi connectivity index (χ0n) is 14.1. The highest BCUT2D eigenvalue weighted by Gasteiger charge is 2.08. The van der Waals surface area contributed by atoms with Crippen LogP contribution in [-0.2, 0) is 0 Å². The van der Waals surface area contributed by atoms with E-state index in [1.807, 2.05) is 48.3 Å². The second-order valence-corrected chi connectivity index (χ2v) is 5.63. The van der Waals surface area contributed by atoms with Crippen molar-refractivity contribution >= 4 is 5.82 Å². The van der Waals surface area contributed by atoms with Crippen molar-refractivity contribution in [3.05, 3.63) is 54.0 Å². The van der Waals surface area contributed by atoms with Crippen LogP contribution in [0.3, 0.4) is 0 Å². The molecule has 0 fully saturated rings. The summed E-state index contributed by atoms with van der Waals surface area (Å²) in [6, 6.07) is 11.9. The van der Waals surface area contributed by atoms with E-state index in [1.165, 1.54) is 5.56 Å². The van der Waals surface area contributed by atoms with Crippen LogP contribution in [0.4, 0.5) is 5.82 Å². The second-order valence-electron chi connectivity index (χ2n) is 5.63. The summed E-state index contributed by atoms with van der Waals surface area (Å²) >= 11 is 0. The van der Waals surface area contributed by atoms with Gasteiger partial charge in [0, 0.05) is 13.2 Å². The minimum atomic E-state index is 0.483. The third kappa shape index (κ3) is 3.90. The molecule has 124 valence electrons. The van der Waals surface area contributed by atoms with Crippen molar-refractivity contribution in [3.8, 4) is 17.2 Å². The summed E-state index contributed by atoms with van der Waals surface area (Å²) in [6.45, 7) is 5.17. The Morgan fingerprint density at radius 2 is 1.88 bits per heavy atom. The lowest BCUT2D eigenvalue weighted by molar-refractivity contribution is 0.325. The van der Waals surface area contributed by atoms with Crippen LogP contribution < -0.4 is 9.64 Å². The van der Waals surface area contributed by atoms with E-state index in [2.05, 4.69) is 22.0 Å². The summed E-state index contributed by atoms with van der Waals surface area (Å²) in [6.07, 6.45) is 1.74. The molecule has 0 radical (unpaired) electrons. The molecule has 0 saturated heterocycles. The number of benzene rings is 1. The van der Waals surface area contributed by atoms with Gasteiger partial charge in [-0.25, -0.2) is 4.98 Å². The fourth-order valence-electron chi connectivity index (χ4n) is 2.20. The number of pyridine rings is 1. The molecule has 2 heterocycles. The summed E-state index contributed by atoms with van der Waals surface area (Å²) in [5, 5.41) is 3.78. The molecule has 0 saturated carbocycles. The largest absolute Gasteiger partial charge is 0.492 e. The van der Waals surface area contributed by atoms with Gasteiger partial charge in [0.05, 0.1) is 12.1 Å². The van der Waals surface area contributed by atoms with Crippen molar-refractivity contribution < 1.29 is 9.26 Å². The van der Waals surface area contributed by atoms with Crippen LogP contribution in [0.5, 0.6) is 5.75 Å². The number of hydrogen-bond acceptors (Lipinski definition) is 6. The zero-order valence-corrected chi connectivity index (χ0v) is 14.1. The van der Waals surface area contributed by atoms with E-state index >= 15 is 0 Å². The summed E-state index contributed by atoms with van der Waals surface area (Å²) in [4.78, 5) is 10.7. The average Bonchev–Trinajstić information content (AvgIpc) is 3.03. The normalized spacial score (nSPS) is 10.6. The van der Waals surface area contributed by atoms with E-state index in [-0.39, 0.29) is 0 Å². The van der Waals surface area contributed by atoms with E-state index in [4.69, 9.17) is 9.26 Å². The van der Waals surface area contributed by atoms with E-state index in [1.54, 1.807) is 13.1 Å². The van der Waals surface area contributed by atoms with E-state index < -0.39 is 0 Å². The van der Waals surface area contributed by atoms with Crippen molar-refractivity contribution in [3.63, 3.8) is 0 Å². The van der Waals surface area contributed by atoms with Crippen LogP contribution in [0.25, 0.3) is 11.5 Å². The molecule has 0 N–H and O–H groups in total. The first-order valence-corrected chi connectivity index (χ1v) is 7.79. The predicted octanol–water partition coefficient (Wildman–Crippen LogP) is 3.26. The Morgan fingerprint density at radius 1 is 1.08 bits per heavy atom. The van der Waals surface area contributed by atoms with Gasteiger partial charge in [-0.3, -0.25) is 0 Å². The Kier molecular flexibility index (Phi) is 4.74. The average molecular weight is 324 g/mol. The number of likely N-dealkylation sites (N-methyl/N-ethyl adjacent to an activating group) is 1. The van der Waals surface area contributed by atoms with Crippen molar-refractivity contribution in [1.29, 1.82) is 0 Å². The molecular formula is C18H20N4O2. The van der Waals surface area contributed by atoms with E-state index in [0.29, 0.717) is 18.3 Å². The molecule has 0 atom stereocenters. The van der Waals surface area contributed by atoms with Crippen LogP contribution in [0, 0.1) is 13.8 Å². The maximum atomic E-state index is 5.75. The molecule has 6 nitrogen and oxygen atoms in total. The number of aromatic nitrogens is 3. The minimum absolute atomic E-state index is 0.483. The predicted molar refractivity (Wildman–Crippen MR) is 92.2 cm³/mol. The topological polar surface area (TPSA) is 64.3 Å². The molecule has 1 aromatic carbocycles. The molecule has 0 bridgehead atoms. The van der Waals surface area contributed by atoms with Gasteiger partial charge in [0.2, 0.25) is 0 Å². The maximum Gasteiger partial charge on any atom is 0.259 e. The van der Waals surface area contributed by atoms with E-state index in [0.717, 1.165) is 23.7 Å². The number of rotatable bonds is 6. The van der Waals surface area contributed by atoms with Crippen molar-refractivity contribution in [2.24, 2.45) is 0 Å². The zero-order chi connectivity index (χ0) is 16.9. The first kappa shape index (κ1) is 16.0. The lowest BCUT2D eigenvalue weighted by atomic mass is 10.2. The van der Waals surface area contributed by atoms with Crippen LogP contribution >= 0.6 is 0 Å². The number of aryl methyl sites for hydroxylation is 2. The molecule has 24 heavy (non-hydrogen) atoms. The third-order valence-electron chi connectivity index (χ3n) is 3.63. The van der Waals surface area contributed by atoms with Gasteiger partial charge in [0.1, 0.15) is 18.2 Å². The van der Waals surface area contributed by atoms with E-state index in [9.17, 15) is 0 Å². The fourth-order valence-corrected chi connectivity index (χ4v) is 2.20. The molecular weight excluding hydrogens is 304 g/mol. The summed E-state index contributed by atoms with van der Waals surface area (Å²) in [5.74, 6) is 2.84. The summed E-state index contributed by atoms with van der Waals surface area (Å²) < 4.78 is 10.9. The van der Waals surface area contributed by atoms with Gasteiger partial charge >= 0.3 is 0 Å². The Morgan fingerprint density at radius 3 is 2.50 bits per heavy atom. The standard InChI is InChI=1S/C18H20N4O2/c1-13-4-7-16(8-5-13)23-11-10-22(3)17-9-6-15(12-19-17)18-20-14(2)21-24-18/h4-9,12H,10-11H2,1-3H3. The number of nitrogens with zero attached hydrogens (tertiary/aromatic N) is 4. The maximum absolute atomic E-state index is 5.75. The molecule has 0 unspecified atom stereocenters. The van der Waals surface area contributed by atoms with Gasteiger partial charge in [0.15, 0.2) is 5.82 Å². The van der Waals surface area contributed by atoms with Crippen molar-refractivity contribution in [1.82, 2.24) is 15.1 Å². The van der Waals surface area contributed by atoms with Crippen molar-refractivity contribution in [2.45, 2.75) is 13.8 Å². The van der Waals surface area contributed by atoms with Crippen LogP contribution in [0.2, 0.25) is 0 Å². The van der Waals surface area contributed by atoms with Gasteiger partial charge in [-0.05, 0) is 38.1 Å². The SMILES string of the molecule is Cc1ccc(OCCN(C)c2ccc(-c3nc(C)no3)cn2)cc1. The van der Waals surface area contributed by atoms with Crippen LogP contribution in [0.1, 0.15) is 11.4 Å². The Hall–Kier alpha value is -2.89. The number of anilines is 1. The summed E-state index contributed by atoms with van der Waals surface area (Å²) in [7, 11) is 1.98. The quantitative estimate of drug-likeness (QED) is 0.693. The molecule has 0 aliphatic rings. The van der Waals surface area contributed by atoms with Gasteiger partial charge in [-0.15, -0.1) is 0 Å². The van der Waals surface area contributed by atoms with Crippen LogP contribution in [-0.4, -0.2) is 35.3 Å².